The van der Waals surface area contributed by atoms with E-state index < -0.39 is 6.09 Å². The van der Waals surface area contributed by atoms with E-state index in [2.05, 4.69) is 25.7 Å². The van der Waals surface area contributed by atoms with E-state index in [9.17, 15) is 9.59 Å². The maximum atomic E-state index is 11.1. The van der Waals surface area contributed by atoms with Crippen molar-refractivity contribution >= 4 is 34.9 Å². The summed E-state index contributed by atoms with van der Waals surface area (Å²) in [6.45, 7) is 1.46. The predicted octanol–water partition coefficient (Wildman–Crippen LogP) is 2.96. The summed E-state index contributed by atoms with van der Waals surface area (Å²) in [5.74, 6) is 0.513. The van der Waals surface area contributed by atoms with Crippen LogP contribution in [-0.4, -0.2) is 24.1 Å². The van der Waals surface area contributed by atoms with Crippen LogP contribution in [0.15, 0.2) is 42.6 Å². The van der Waals surface area contributed by atoms with E-state index in [0.29, 0.717) is 11.5 Å². The summed E-state index contributed by atoms with van der Waals surface area (Å²) >= 11 is 0. The lowest BCUT2D eigenvalue weighted by molar-refractivity contribution is -0.114. The second kappa shape index (κ2) is 7.07. The summed E-state index contributed by atoms with van der Waals surface area (Å²) < 4.78 is 4.50. The summed E-state index contributed by atoms with van der Waals surface area (Å²) in [7, 11) is 1.29. The summed E-state index contributed by atoms with van der Waals surface area (Å²) in [4.78, 5) is 26.2. The minimum Gasteiger partial charge on any atom is -0.453 e. The molecule has 0 spiro atoms. The van der Waals surface area contributed by atoms with Crippen LogP contribution >= 0.6 is 0 Å². The number of carbonyl (C=O) groups excluding carboxylic acids is 2. The van der Waals surface area contributed by atoms with E-state index in [1.165, 1.54) is 20.2 Å². The van der Waals surface area contributed by atoms with Crippen LogP contribution in [-0.2, 0) is 9.53 Å². The van der Waals surface area contributed by atoms with Crippen LogP contribution in [0.25, 0.3) is 0 Å². The summed E-state index contributed by atoms with van der Waals surface area (Å²) in [6.07, 6.45) is 0.973. The maximum absolute atomic E-state index is 11.1. The number of aromatic nitrogens is 1. The number of amides is 2. The number of benzene rings is 1. The Bertz CT molecular complexity index is 653. The number of nitrogens with zero attached hydrogens (tertiary/aromatic N) is 1. The van der Waals surface area contributed by atoms with Gasteiger partial charge in [0.2, 0.25) is 5.91 Å². The number of nitrogens with one attached hydrogen (secondary N) is 3. The molecule has 2 amide bonds. The first-order valence-electron chi connectivity index (χ1n) is 6.52. The lowest BCUT2D eigenvalue weighted by atomic mass is 10.2. The molecule has 0 radical (unpaired) electrons. The molecule has 0 saturated heterocycles. The zero-order valence-electron chi connectivity index (χ0n) is 12.2. The Kier molecular flexibility index (Phi) is 4.92. The Balaban J connectivity index is 1.98. The third-order valence-corrected chi connectivity index (χ3v) is 2.67. The number of rotatable bonds is 4. The Hall–Kier alpha value is -3.09. The van der Waals surface area contributed by atoms with Crippen molar-refractivity contribution in [2.45, 2.75) is 6.92 Å². The van der Waals surface area contributed by atoms with Crippen molar-refractivity contribution in [3.05, 3.63) is 42.6 Å². The predicted molar refractivity (Wildman–Crippen MR) is 84.3 cm³/mol. The van der Waals surface area contributed by atoms with Gasteiger partial charge in [-0.05, 0) is 36.4 Å². The van der Waals surface area contributed by atoms with Crippen molar-refractivity contribution in [2.24, 2.45) is 0 Å². The van der Waals surface area contributed by atoms with Gasteiger partial charge in [0, 0.05) is 18.3 Å². The lowest BCUT2D eigenvalue weighted by Gasteiger charge is -2.08. The zero-order valence-corrected chi connectivity index (χ0v) is 12.2. The molecule has 3 N–H and O–H groups in total. The quantitative estimate of drug-likeness (QED) is 0.807. The average molecular weight is 300 g/mol. The zero-order chi connectivity index (χ0) is 15.9. The van der Waals surface area contributed by atoms with Gasteiger partial charge in [0.15, 0.2) is 0 Å². The van der Waals surface area contributed by atoms with Crippen molar-refractivity contribution < 1.29 is 14.3 Å². The maximum Gasteiger partial charge on any atom is 0.411 e. The van der Waals surface area contributed by atoms with Gasteiger partial charge in [0.05, 0.1) is 19.0 Å². The first kappa shape index (κ1) is 15.3. The number of anilines is 4. The average Bonchev–Trinajstić information content (AvgIpc) is 2.50. The molecule has 0 aliphatic heterocycles. The van der Waals surface area contributed by atoms with Crippen molar-refractivity contribution in [3.8, 4) is 0 Å². The van der Waals surface area contributed by atoms with E-state index in [4.69, 9.17) is 0 Å². The Morgan fingerprint density at radius 1 is 0.955 bits per heavy atom. The third-order valence-electron chi connectivity index (χ3n) is 2.67. The van der Waals surface area contributed by atoms with Crippen LogP contribution in [0.3, 0.4) is 0 Å². The van der Waals surface area contributed by atoms with Crippen LogP contribution in [0, 0.1) is 0 Å². The first-order valence-corrected chi connectivity index (χ1v) is 6.52. The number of hydrogen-bond donors (Lipinski definition) is 3. The van der Waals surface area contributed by atoms with E-state index in [1.807, 2.05) is 12.1 Å². The van der Waals surface area contributed by atoms with E-state index in [0.717, 1.165) is 11.4 Å². The second-order valence-corrected chi connectivity index (χ2v) is 4.43. The molecular formula is C15H16N4O3. The topological polar surface area (TPSA) is 92.4 Å². The highest BCUT2D eigenvalue weighted by atomic mass is 16.5. The summed E-state index contributed by atoms with van der Waals surface area (Å²) in [5, 5.41) is 8.32. The molecule has 0 atom stereocenters. The van der Waals surface area contributed by atoms with E-state index >= 15 is 0 Å². The largest absolute Gasteiger partial charge is 0.453 e. The van der Waals surface area contributed by atoms with Gasteiger partial charge in [0.1, 0.15) is 5.82 Å². The second-order valence-electron chi connectivity index (χ2n) is 4.43. The number of methoxy groups -OCH3 is 1. The third kappa shape index (κ3) is 4.48. The molecule has 1 aromatic carbocycles. The van der Waals surface area contributed by atoms with Gasteiger partial charge >= 0.3 is 6.09 Å². The standard InChI is InChI=1S/C15H16N4O3/c1-10(20)17-11-3-5-12(6-4-11)18-14-8-7-13(9-16-14)19-15(21)22-2/h3-9H,1-2H3,(H,16,18)(H,17,20)(H,19,21). The van der Waals surface area contributed by atoms with Gasteiger partial charge < -0.3 is 15.4 Å². The lowest BCUT2D eigenvalue weighted by Crippen LogP contribution is -2.11. The van der Waals surface area contributed by atoms with Gasteiger partial charge in [-0.25, -0.2) is 9.78 Å². The molecule has 0 fully saturated rings. The van der Waals surface area contributed by atoms with Crippen molar-refractivity contribution in [1.29, 1.82) is 0 Å². The highest BCUT2D eigenvalue weighted by Gasteiger charge is 2.02. The summed E-state index contributed by atoms with van der Waals surface area (Å²) in [6, 6.07) is 10.7. The highest BCUT2D eigenvalue weighted by molar-refractivity contribution is 5.88. The number of hydrogen-bond acceptors (Lipinski definition) is 5. The van der Waals surface area contributed by atoms with Gasteiger partial charge in [-0.15, -0.1) is 0 Å². The van der Waals surface area contributed by atoms with Crippen LogP contribution in [0.1, 0.15) is 6.92 Å². The molecule has 0 aliphatic carbocycles. The van der Waals surface area contributed by atoms with Crippen LogP contribution in [0.4, 0.5) is 27.7 Å². The van der Waals surface area contributed by atoms with Gasteiger partial charge in [-0.1, -0.05) is 0 Å². The Morgan fingerprint density at radius 3 is 2.14 bits per heavy atom. The molecule has 0 saturated carbocycles. The van der Waals surface area contributed by atoms with E-state index in [1.54, 1.807) is 24.3 Å². The van der Waals surface area contributed by atoms with Gasteiger partial charge in [-0.2, -0.15) is 0 Å². The molecule has 0 aliphatic rings. The molecule has 7 heteroatoms. The fourth-order valence-corrected chi connectivity index (χ4v) is 1.70. The number of ether oxygens (including phenoxy) is 1. The molecule has 1 aromatic heterocycles. The Morgan fingerprint density at radius 2 is 1.59 bits per heavy atom. The highest BCUT2D eigenvalue weighted by Crippen LogP contribution is 2.18. The van der Waals surface area contributed by atoms with Crippen molar-refractivity contribution in [2.75, 3.05) is 23.1 Å². The molecule has 114 valence electrons. The smallest absolute Gasteiger partial charge is 0.411 e. The SMILES string of the molecule is COC(=O)Nc1ccc(Nc2ccc(NC(C)=O)cc2)nc1. The number of pyridine rings is 1. The molecule has 0 bridgehead atoms. The van der Waals surface area contributed by atoms with E-state index in [-0.39, 0.29) is 5.91 Å². The first-order chi connectivity index (χ1) is 10.6. The van der Waals surface area contributed by atoms with Crippen molar-refractivity contribution in [3.63, 3.8) is 0 Å². The molecule has 2 rings (SSSR count). The number of carbonyl (C=O) groups is 2. The van der Waals surface area contributed by atoms with Crippen molar-refractivity contribution in [1.82, 2.24) is 4.98 Å². The fraction of sp³-hybridized carbons (Fsp3) is 0.133. The molecule has 7 nitrogen and oxygen atoms in total. The minimum atomic E-state index is -0.545. The van der Waals surface area contributed by atoms with Crippen LogP contribution in [0.5, 0.6) is 0 Å². The van der Waals surface area contributed by atoms with Gasteiger partial charge in [0.25, 0.3) is 0 Å². The summed E-state index contributed by atoms with van der Waals surface area (Å²) in [5.41, 5.74) is 2.09. The van der Waals surface area contributed by atoms with Gasteiger partial charge in [-0.3, -0.25) is 10.1 Å². The molecule has 0 unspecified atom stereocenters. The minimum absolute atomic E-state index is 0.115. The molecule has 2 aromatic rings. The normalized spacial score (nSPS) is 9.73. The molecular weight excluding hydrogens is 284 g/mol. The molecule has 1 heterocycles. The monoisotopic (exact) mass is 300 g/mol. The van der Waals surface area contributed by atoms with Crippen LogP contribution < -0.4 is 16.0 Å². The Labute approximate surface area is 127 Å². The molecule has 22 heavy (non-hydrogen) atoms. The van der Waals surface area contributed by atoms with Crippen LogP contribution in [0.2, 0.25) is 0 Å². The fourth-order valence-electron chi connectivity index (χ4n) is 1.70.